The fraction of sp³-hybridized carbons (Fsp3) is 0.364. The van der Waals surface area contributed by atoms with Crippen LogP contribution in [0.4, 0.5) is 5.69 Å². The van der Waals surface area contributed by atoms with Gasteiger partial charge in [0, 0.05) is 11.6 Å². The molecule has 0 fully saturated rings. The van der Waals surface area contributed by atoms with Crippen LogP contribution < -0.4 is 5.73 Å². The molecule has 1 aromatic carbocycles. The summed E-state index contributed by atoms with van der Waals surface area (Å²) in [6.45, 7) is 1.65. The van der Waals surface area contributed by atoms with Gasteiger partial charge in [0.05, 0.1) is 12.0 Å². The lowest BCUT2D eigenvalue weighted by Gasteiger charge is -2.09. The molecule has 2 N–H and O–H groups in total. The van der Waals surface area contributed by atoms with Gasteiger partial charge in [-0.1, -0.05) is 12.1 Å². The van der Waals surface area contributed by atoms with Crippen molar-refractivity contribution < 1.29 is 14.5 Å². The number of benzene rings is 1. The lowest BCUT2D eigenvalue weighted by Crippen LogP contribution is -2.33. The van der Waals surface area contributed by atoms with E-state index in [1.165, 1.54) is 13.2 Å². The van der Waals surface area contributed by atoms with E-state index in [0.29, 0.717) is 11.1 Å². The highest BCUT2D eigenvalue weighted by Gasteiger charge is 2.17. The van der Waals surface area contributed by atoms with E-state index in [9.17, 15) is 14.9 Å². The lowest BCUT2D eigenvalue weighted by molar-refractivity contribution is -0.385. The first kappa shape index (κ1) is 13.1. The lowest BCUT2D eigenvalue weighted by atomic mass is 10.0. The highest BCUT2D eigenvalue weighted by molar-refractivity contribution is 5.75. The summed E-state index contributed by atoms with van der Waals surface area (Å²) in [5.74, 6) is -0.534. The molecule has 1 aromatic rings. The minimum atomic E-state index is -0.803. The number of nitrogens with zero attached hydrogens (tertiary/aromatic N) is 1. The van der Waals surface area contributed by atoms with Crippen LogP contribution in [-0.2, 0) is 16.0 Å². The molecule has 0 saturated heterocycles. The first-order chi connectivity index (χ1) is 7.95. The Kier molecular flexibility index (Phi) is 4.17. The Labute approximate surface area is 98.5 Å². The van der Waals surface area contributed by atoms with Crippen molar-refractivity contribution in [2.24, 2.45) is 5.73 Å². The van der Waals surface area contributed by atoms with Crippen LogP contribution in [0.15, 0.2) is 18.2 Å². The van der Waals surface area contributed by atoms with Gasteiger partial charge in [-0.15, -0.1) is 0 Å². The number of nitro groups is 1. The number of methoxy groups -OCH3 is 1. The Bertz CT molecular complexity index is 445. The van der Waals surface area contributed by atoms with Gasteiger partial charge in [0.2, 0.25) is 0 Å². The van der Waals surface area contributed by atoms with Crippen molar-refractivity contribution in [3.05, 3.63) is 39.4 Å². The molecule has 6 nitrogen and oxygen atoms in total. The summed E-state index contributed by atoms with van der Waals surface area (Å²) in [5, 5.41) is 10.7. The summed E-state index contributed by atoms with van der Waals surface area (Å²) in [6, 6.07) is 3.98. The van der Waals surface area contributed by atoms with E-state index in [1.54, 1.807) is 19.1 Å². The van der Waals surface area contributed by atoms with Gasteiger partial charge < -0.3 is 10.5 Å². The molecule has 17 heavy (non-hydrogen) atoms. The fourth-order valence-electron chi connectivity index (χ4n) is 1.47. The highest BCUT2D eigenvalue weighted by Crippen LogP contribution is 2.19. The van der Waals surface area contributed by atoms with E-state index in [1.807, 2.05) is 0 Å². The van der Waals surface area contributed by atoms with Crippen molar-refractivity contribution in [1.82, 2.24) is 0 Å². The molecule has 0 aromatic heterocycles. The van der Waals surface area contributed by atoms with Crippen LogP contribution in [0.1, 0.15) is 11.1 Å². The zero-order valence-electron chi connectivity index (χ0n) is 9.67. The number of aryl methyl sites for hydroxylation is 1. The second-order valence-corrected chi connectivity index (χ2v) is 3.71. The highest BCUT2D eigenvalue weighted by atomic mass is 16.6. The standard InChI is InChI=1S/C11H14N2O4/c1-7-3-4-8(6-10(7)13(15)16)5-9(12)11(14)17-2/h3-4,6,9H,5,12H2,1-2H3/t9-/m1/s1. The van der Waals surface area contributed by atoms with Crippen molar-refractivity contribution in [1.29, 1.82) is 0 Å². The molecule has 1 rings (SSSR count). The molecule has 0 saturated carbocycles. The third-order valence-corrected chi connectivity index (χ3v) is 2.43. The molecule has 0 bridgehead atoms. The van der Waals surface area contributed by atoms with Crippen LogP contribution in [0, 0.1) is 17.0 Å². The normalized spacial score (nSPS) is 11.9. The summed E-state index contributed by atoms with van der Waals surface area (Å²) in [5.41, 5.74) is 6.82. The number of nitro benzene ring substituents is 1. The van der Waals surface area contributed by atoms with E-state index in [0.717, 1.165) is 0 Å². The monoisotopic (exact) mass is 238 g/mol. The Morgan fingerprint density at radius 1 is 1.59 bits per heavy atom. The van der Waals surface area contributed by atoms with Crippen molar-refractivity contribution in [3.63, 3.8) is 0 Å². The Balaban J connectivity index is 2.90. The molecular formula is C11H14N2O4. The average molecular weight is 238 g/mol. The largest absolute Gasteiger partial charge is 0.468 e. The van der Waals surface area contributed by atoms with Crippen LogP contribution in [-0.4, -0.2) is 24.0 Å². The predicted octanol–water partition coefficient (Wildman–Crippen LogP) is 0.946. The molecule has 0 amide bonds. The number of carbonyl (C=O) groups excluding carboxylic acids is 1. The first-order valence-electron chi connectivity index (χ1n) is 5.03. The zero-order valence-corrected chi connectivity index (χ0v) is 9.67. The molecular weight excluding hydrogens is 224 g/mol. The molecule has 0 radical (unpaired) electrons. The molecule has 1 atom stereocenters. The van der Waals surface area contributed by atoms with E-state index in [-0.39, 0.29) is 12.1 Å². The number of hydrogen-bond acceptors (Lipinski definition) is 5. The van der Waals surface area contributed by atoms with Gasteiger partial charge in [-0.2, -0.15) is 0 Å². The number of rotatable bonds is 4. The van der Waals surface area contributed by atoms with Crippen LogP contribution >= 0.6 is 0 Å². The van der Waals surface area contributed by atoms with E-state index < -0.39 is 16.9 Å². The van der Waals surface area contributed by atoms with Gasteiger partial charge in [-0.05, 0) is 18.9 Å². The van der Waals surface area contributed by atoms with Gasteiger partial charge in [0.1, 0.15) is 6.04 Å². The minimum Gasteiger partial charge on any atom is -0.468 e. The average Bonchev–Trinajstić information content (AvgIpc) is 2.30. The summed E-state index contributed by atoms with van der Waals surface area (Å²) < 4.78 is 4.49. The number of carbonyl (C=O) groups is 1. The van der Waals surface area contributed by atoms with Crippen LogP contribution in [0.5, 0.6) is 0 Å². The van der Waals surface area contributed by atoms with Crippen molar-refractivity contribution in [2.45, 2.75) is 19.4 Å². The van der Waals surface area contributed by atoms with Crippen LogP contribution in [0.25, 0.3) is 0 Å². The fourth-order valence-corrected chi connectivity index (χ4v) is 1.47. The summed E-state index contributed by atoms with van der Waals surface area (Å²) >= 11 is 0. The second-order valence-electron chi connectivity index (χ2n) is 3.71. The SMILES string of the molecule is COC(=O)[C@H](N)Cc1ccc(C)c([N+](=O)[O-])c1. The molecule has 0 unspecified atom stereocenters. The summed E-state index contributed by atoms with van der Waals surface area (Å²) in [7, 11) is 1.25. The topological polar surface area (TPSA) is 95.5 Å². The number of esters is 1. The van der Waals surface area contributed by atoms with Crippen LogP contribution in [0.3, 0.4) is 0 Å². The van der Waals surface area contributed by atoms with E-state index in [2.05, 4.69) is 4.74 Å². The Hall–Kier alpha value is -1.95. The Morgan fingerprint density at radius 3 is 2.76 bits per heavy atom. The maximum atomic E-state index is 11.1. The van der Waals surface area contributed by atoms with Crippen molar-refractivity contribution in [3.8, 4) is 0 Å². The molecule has 0 aliphatic rings. The molecule has 92 valence electrons. The van der Waals surface area contributed by atoms with E-state index >= 15 is 0 Å². The van der Waals surface area contributed by atoms with Gasteiger partial charge in [0.25, 0.3) is 5.69 Å². The zero-order chi connectivity index (χ0) is 13.0. The second kappa shape index (κ2) is 5.40. The molecule has 0 aliphatic heterocycles. The molecule has 6 heteroatoms. The molecule has 0 heterocycles. The minimum absolute atomic E-state index is 0.0274. The summed E-state index contributed by atoms with van der Waals surface area (Å²) in [6.07, 6.45) is 0.216. The quantitative estimate of drug-likeness (QED) is 0.478. The van der Waals surface area contributed by atoms with Gasteiger partial charge >= 0.3 is 5.97 Å². The van der Waals surface area contributed by atoms with Crippen LogP contribution in [0.2, 0.25) is 0 Å². The molecule has 0 spiro atoms. The third kappa shape index (κ3) is 3.25. The predicted molar refractivity (Wildman–Crippen MR) is 61.5 cm³/mol. The number of ether oxygens (including phenoxy) is 1. The first-order valence-corrected chi connectivity index (χ1v) is 5.03. The molecule has 0 aliphatic carbocycles. The number of nitrogens with two attached hydrogens (primary N) is 1. The van der Waals surface area contributed by atoms with Gasteiger partial charge in [-0.25, -0.2) is 0 Å². The summed E-state index contributed by atoms with van der Waals surface area (Å²) in [4.78, 5) is 21.4. The van der Waals surface area contributed by atoms with Crippen molar-refractivity contribution >= 4 is 11.7 Å². The Morgan fingerprint density at radius 2 is 2.24 bits per heavy atom. The van der Waals surface area contributed by atoms with Crippen molar-refractivity contribution in [2.75, 3.05) is 7.11 Å². The van der Waals surface area contributed by atoms with E-state index in [4.69, 9.17) is 5.73 Å². The third-order valence-electron chi connectivity index (χ3n) is 2.43. The maximum absolute atomic E-state index is 11.1. The number of hydrogen-bond donors (Lipinski definition) is 1. The maximum Gasteiger partial charge on any atom is 0.322 e. The van der Waals surface area contributed by atoms with Gasteiger partial charge in [0.15, 0.2) is 0 Å². The van der Waals surface area contributed by atoms with Gasteiger partial charge in [-0.3, -0.25) is 14.9 Å². The smallest absolute Gasteiger partial charge is 0.322 e.